The molecular formula is C23H32O6. The van der Waals surface area contributed by atoms with Crippen molar-refractivity contribution in [2.24, 2.45) is 11.8 Å². The van der Waals surface area contributed by atoms with E-state index >= 15 is 0 Å². The van der Waals surface area contributed by atoms with Gasteiger partial charge in [0.05, 0.1) is 24.9 Å². The highest BCUT2D eigenvalue weighted by Crippen LogP contribution is 2.36. The molecule has 0 heterocycles. The average molecular weight is 405 g/mol. The second-order valence-electron chi connectivity index (χ2n) is 7.51. The first-order valence-corrected chi connectivity index (χ1v) is 10.2. The van der Waals surface area contributed by atoms with Crippen LogP contribution in [0.2, 0.25) is 0 Å². The van der Waals surface area contributed by atoms with Crippen molar-refractivity contribution < 1.29 is 30.0 Å². The van der Waals surface area contributed by atoms with E-state index in [4.69, 9.17) is 9.84 Å². The van der Waals surface area contributed by atoms with E-state index in [9.17, 15) is 20.1 Å². The summed E-state index contributed by atoms with van der Waals surface area (Å²) in [5, 5.41) is 39.3. The Morgan fingerprint density at radius 3 is 2.66 bits per heavy atom. The highest BCUT2D eigenvalue weighted by atomic mass is 16.5. The van der Waals surface area contributed by atoms with Gasteiger partial charge in [0, 0.05) is 25.2 Å². The Hall–Kier alpha value is -2.15. The predicted octanol–water partition coefficient (Wildman–Crippen LogP) is 2.93. The number of carboxylic acid groups (broad SMARTS) is 1. The molecule has 1 aliphatic rings. The first-order chi connectivity index (χ1) is 14.0. The molecule has 1 saturated carbocycles. The van der Waals surface area contributed by atoms with Crippen LogP contribution < -0.4 is 4.74 Å². The van der Waals surface area contributed by atoms with Gasteiger partial charge in [-0.1, -0.05) is 42.5 Å². The lowest BCUT2D eigenvalue weighted by molar-refractivity contribution is -0.137. The molecule has 5 atom stereocenters. The molecule has 0 radical (unpaired) electrons. The molecule has 0 aliphatic heterocycles. The maximum Gasteiger partial charge on any atom is 0.303 e. The van der Waals surface area contributed by atoms with Gasteiger partial charge in [0.2, 0.25) is 0 Å². The lowest BCUT2D eigenvalue weighted by Gasteiger charge is -2.19. The van der Waals surface area contributed by atoms with E-state index < -0.39 is 24.3 Å². The highest BCUT2D eigenvalue weighted by molar-refractivity contribution is 5.66. The van der Waals surface area contributed by atoms with Gasteiger partial charge in [-0.25, -0.2) is 0 Å². The van der Waals surface area contributed by atoms with Gasteiger partial charge in [0.15, 0.2) is 0 Å². The molecule has 0 aromatic heterocycles. The van der Waals surface area contributed by atoms with Crippen molar-refractivity contribution in [3.63, 3.8) is 0 Å². The summed E-state index contributed by atoms with van der Waals surface area (Å²) in [6.45, 7) is 0.383. The lowest BCUT2D eigenvalue weighted by atomic mass is 9.89. The zero-order valence-corrected chi connectivity index (χ0v) is 16.6. The van der Waals surface area contributed by atoms with Crippen LogP contribution in [0.1, 0.15) is 38.5 Å². The number of rotatable bonds is 12. The maximum atomic E-state index is 10.5. The molecule has 4 N–H and O–H groups in total. The fourth-order valence-electron chi connectivity index (χ4n) is 3.62. The van der Waals surface area contributed by atoms with Crippen molar-refractivity contribution in [1.29, 1.82) is 0 Å². The fraction of sp³-hybridized carbons (Fsp3) is 0.522. The van der Waals surface area contributed by atoms with E-state index in [0.29, 0.717) is 38.7 Å². The normalized spacial score (nSPS) is 25.6. The van der Waals surface area contributed by atoms with Gasteiger partial charge >= 0.3 is 5.97 Å². The zero-order valence-electron chi connectivity index (χ0n) is 16.6. The molecule has 0 saturated heterocycles. The quantitative estimate of drug-likeness (QED) is 0.315. The van der Waals surface area contributed by atoms with Crippen molar-refractivity contribution in [1.82, 2.24) is 0 Å². The second kappa shape index (κ2) is 12.4. The molecule has 2 rings (SSSR count). The Morgan fingerprint density at radius 2 is 1.93 bits per heavy atom. The number of aliphatic carboxylic acids is 1. The maximum absolute atomic E-state index is 10.5. The monoisotopic (exact) mass is 404 g/mol. The molecule has 6 heteroatoms. The van der Waals surface area contributed by atoms with Crippen LogP contribution in [0.3, 0.4) is 0 Å². The molecule has 1 aliphatic carbocycles. The lowest BCUT2D eigenvalue weighted by Crippen LogP contribution is -2.20. The summed E-state index contributed by atoms with van der Waals surface area (Å²) in [5.74, 6) is -0.387. The van der Waals surface area contributed by atoms with Crippen LogP contribution in [0.15, 0.2) is 54.6 Å². The first kappa shape index (κ1) is 23.1. The van der Waals surface area contributed by atoms with Gasteiger partial charge in [-0.2, -0.15) is 0 Å². The van der Waals surface area contributed by atoms with Crippen LogP contribution in [0.4, 0.5) is 0 Å². The third-order valence-electron chi connectivity index (χ3n) is 5.23. The summed E-state index contributed by atoms with van der Waals surface area (Å²) in [5.41, 5.74) is 0. The standard InChI is InChI=1S/C23H32O6/c24-17(14-15-29-18-8-4-3-5-9-18)12-13-20-19(21(25)16-22(20)26)10-6-1-2-7-11-23(27)28/h1,3-6,8-9,12-13,17,19-22,24-26H,2,7,10-11,14-16H2,(H,27,28)/b6-1-,13-12+/t17-,19-,20-,21+,22-/m1/s1. The number of carboxylic acids is 1. The van der Waals surface area contributed by atoms with Crippen LogP contribution in [0, 0.1) is 11.8 Å². The number of unbranched alkanes of at least 4 members (excludes halogenated alkanes) is 1. The average Bonchev–Trinajstić information content (AvgIpc) is 2.96. The molecule has 0 bridgehead atoms. The molecule has 6 nitrogen and oxygen atoms in total. The topological polar surface area (TPSA) is 107 Å². The summed E-state index contributed by atoms with van der Waals surface area (Å²) in [7, 11) is 0. The van der Waals surface area contributed by atoms with E-state index in [1.807, 2.05) is 42.5 Å². The van der Waals surface area contributed by atoms with E-state index in [-0.39, 0.29) is 18.3 Å². The van der Waals surface area contributed by atoms with Crippen molar-refractivity contribution in [3.05, 3.63) is 54.6 Å². The molecule has 0 unspecified atom stereocenters. The van der Waals surface area contributed by atoms with Gasteiger partial charge < -0.3 is 25.2 Å². The Labute approximate surface area is 172 Å². The Bertz CT molecular complexity index is 657. The molecule has 160 valence electrons. The Balaban J connectivity index is 1.77. The van der Waals surface area contributed by atoms with Crippen molar-refractivity contribution in [3.8, 4) is 5.75 Å². The van der Waals surface area contributed by atoms with Crippen LogP contribution in [-0.4, -0.2) is 51.3 Å². The zero-order chi connectivity index (χ0) is 21.1. The minimum Gasteiger partial charge on any atom is -0.493 e. The first-order valence-electron chi connectivity index (χ1n) is 10.2. The molecule has 1 aromatic rings. The van der Waals surface area contributed by atoms with Crippen molar-refractivity contribution in [2.75, 3.05) is 6.61 Å². The van der Waals surface area contributed by atoms with Crippen LogP contribution in [-0.2, 0) is 4.79 Å². The summed E-state index contributed by atoms with van der Waals surface area (Å²) >= 11 is 0. The number of hydrogen-bond acceptors (Lipinski definition) is 5. The summed E-state index contributed by atoms with van der Waals surface area (Å²) < 4.78 is 5.58. The Morgan fingerprint density at radius 1 is 1.17 bits per heavy atom. The largest absolute Gasteiger partial charge is 0.493 e. The Kier molecular flexibility index (Phi) is 9.91. The van der Waals surface area contributed by atoms with Crippen LogP contribution >= 0.6 is 0 Å². The summed E-state index contributed by atoms with van der Waals surface area (Å²) in [4.78, 5) is 10.5. The number of carbonyl (C=O) groups is 1. The van der Waals surface area contributed by atoms with E-state index in [1.165, 1.54) is 0 Å². The number of benzene rings is 1. The molecular weight excluding hydrogens is 372 g/mol. The van der Waals surface area contributed by atoms with Crippen molar-refractivity contribution >= 4 is 5.97 Å². The van der Waals surface area contributed by atoms with E-state index in [0.717, 1.165) is 5.75 Å². The number of allylic oxidation sites excluding steroid dienone is 2. The molecule has 1 fully saturated rings. The van der Waals surface area contributed by atoms with Gasteiger partial charge in [0.1, 0.15) is 5.75 Å². The smallest absolute Gasteiger partial charge is 0.303 e. The SMILES string of the molecule is O=C(O)CCC/C=C\C[C@@H]1[C@@H](/C=C/[C@@H](O)CCOc2ccccc2)[C@H](O)C[C@@H]1O. The predicted molar refractivity (Wildman–Crippen MR) is 111 cm³/mol. The van der Waals surface area contributed by atoms with Gasteiger partial charge in [-0.15, -0.1) is 0 Å². The van der Waals surface area contributed by atoms with Gasteiger partial charge in [-0.05, 0) is 37.3 Å². The minimum atomic E-state index is -0.800. The van der Waals surface area contributed by atoms with E-state index in [1.54, 1.807) is 12.2 Å². The number of ether oxygens (including phenoxy) is 1. The fourth-order valence-corrected chi connectivity index (χ4v) is 3.62. The van der Waals surface area contributed by atoms with Gasteiger partial charge in [0.25, 0.3) is 0 Å². The second-order valence-corrected chi connectivity index (χ2v) is 7.51. The molecule has 0 amide bonds. The molecule has 29 heavy (non-hydrogen) atoms. The van der Waals surface area contributed by atoms with Gasteiger partial charge in [-0.3, -0.25) is 4.79 Å². The van der Waals surface area contributed by atoms with Crippen LogP contribution in [0.25, 0.3) is 0 Å². The summed E-state index contributed by atoms with van der Waals surface area (Å²) in [6.07, 6.45) is 8.19. The minimum absolute atomic E-state index is 0.121. The van der Waals surface area contributed by atoms with E-state index in [2.05, 4.69) is 0 Å². The number of hydrogen-bond donors (Lipinski definition) is 4. The number of para-hydroxylation sites is 1. The molecule has 1 aromatic carbocycles. The third-order valence-corrected chi connectivity index (χ3v) is 5.23. The van der Waals surface area contributed by atoms with Crippen molar-refractivity contribution in [2.45, 2.75) is 56.8 Å². The third kappa shape index (κ3) is 8.40. The number of aliphatic hydroxyl groups is 3. The number of aliphatic hydroxyl groups excluding tert-OH is 3. The molecule has 0 spiro atoms. The van der Waals surface area contributed by atoms with Crippen LogP contribution in [0.5, 0.6) is 5.75 Å². The highest BCUT2D eigenvalue weighted by Gasteiger charge is 2.39. The summed E-state index contributed by atoms with van der Waals surface area (Å²) in [6, 6.07) is 9.41.